The first-order chi connectivity index (χ1) is 8.56. The Kier molecular flexibility index (Phi) is 4.22. The van der Waals surface area contributed by atoms with E-state index in [2.05, 4.69) is 5.32 Å². The monoisotopic (exact) mass is 254 g/mol. The van der Waals surface area contributed by atoms with E-state index in [0.29, 0.717) is 31.8 Å². The molecular formula is C13H22N2O3. The number of hydrogen-bond donors (Lipinski definition) is 2. The quantitative estimate of drug-likeness (QED) is 0.708. The van der Waals surface area contributed by atoms with Crippen LogP contribution in [0.25, 0.3) is 0 Å². The smallest absolute Gasteiger partial charge is 0.225 e. The maximum atomic E-state index is 11.8. The van der Waals surface area contributed by atoms with Gasteiger partial charge in [-0.1, -0.05) is 0 Å². The molecule has 0 spiro atoms. The Labute approximate surface area is 108 Å². The van der Waals surface area contributed by atoms with Crippen LogP contribution in [0.4, 0.5) is 0 Å². The van der Waals surface area contributed by atoms with E-state index in [1.165, 1.54) is 12.8 Å². The van der Waals surface area contributed by atoms with Crippen molar-refractivity contribution in [1.29, 1.82) is 0 Å². The van der Waals surface area contributed by atoms with Crippen LogP contribution in [-0.4, -0.2) is 47.6 Å². The highest BCUT2D eigenvalue weighted by Crippen LogP contribution is 2.31. The molecule has 2 fully saturated rings. The summed E-state index contributed by atoms with van der Waals surface area (Å²) < 4.78 is 0. The van der Waals surface area contributed by atoms with Crippen LogP contribution in [0.15, 0.2) is 0 Å². The summed E-state index contributed by atoms with van der Waals surface area (Å²) in [6.45, 7) is 3.57. The zero-order valence-electron chi connectivity index (χ0n) is 10.9. The van der Waals surface area contributed by atoms with Gasteiger partial charge >= 0.3 is 0 Å². The van der Waals surface area contributed by atoms with Crippen LogP contribution >= 0.6 is 0 Å². The Hall–Kier alpha value is -1.10. The van der Waals surface area contributed by atoms with Crippen molar-refractivity contribution in [2.24, 2.45) is 11.8 Å². The molecule has 1 aliphatic carbocycles. The second kappa shape index (κ2) is 5.69. The van der Waals surface area contributed by atoms with Crippen molar-refractivity contribution in [3.63, 3.8) is 0 Å². The van der Waals surface area contributed by atoms with Crippen LogP contribution < -0.4 is 5.32 Å². The van der Waals surface area contributed by atoms with E-state index in [4.69, 9.17) is 5.11 Å². The molecule has 1 heterocycles. The summed E-state index contributed by atoms with van der Waals surface area (Å²) in [6.07, 6.45) is 2.93. The highest BCUT2D eigenvalue weighted by Gasteiger charge is 2.36. The minimum absolute atomic E-state index is 0.0534. The fourth-order valence-corrected chi connectivity index (χ4v) is 2.28. The summed E-state index contributed by atoms with van der Waals surface area (Å²) in [5, 5.41) is 11.9. The number of amides is 2. The van der Waals surface area contributed by atoms with Crippen LogP contribution in [0.1, 0.15) is 32.6 Å². The molecule has 0 aromatic rings. The number of likely N-dealkylation sites (tertiary alicyclic amines) is 1. The average Bonchev–Trinajstić information content (AvgIpc) is 3.02. The Balaban J connectivity index is 1.72. The number of nitrogens with zero attached hydrogens (tertiary/aromatic N) is 1. The summed E-state index contributed by atoms with van der Waals surface area (Å²) >= 11 is 0. The summed E-state index contributed by atoms with van der Waals surface area (Å²) in [6, 6.07) is 0. The number of rotatable bonds is 6. The van der Waals surface area contributed by atoms with Crippen molar-refractivity contribution in [1.82, 2.24) is 10.2 Å². The Morgan fingerprint density at radius 1 is 1.56 bits per heavy atom. The lowest BCUT2D eigenvalue weighted by Gasteiger charge is -2.16. The molecule has 2 rings (SSSR count). The average molecular weight is 254 g/mol. The predicted octanol–water partition coefficient (Wildman–Crippen LogP) is 0.132. The summed E-state index contributed by atoms with van der Waals surface area (Å²) in [4.78, 5) is 25.4. The lowest BCUT2D eigenvalue weighted by molar-refractivity contribution is -0.129. The van der Waals surface area contributed by atoms with Gasteiger partial charge in [-0.15, -0.1) is 0 Å². The largest absolute Gasteiger partial charge is 0.393 e. The van der Waals surface area contributed by atoms with Crippen molar-refractivity contribution in [3.05, 3.63) is 0 Å². The standard InChI is InChI=1S/C13H22N2O3/c1-9(16)4-5-14-13(18)11-6-12(17)15(8-11)7-10-2-3-10/h9-11,16H,2-8H2,1H3,(H,14,18). The Morgan fingerprint density at radius 2 is 2.28 bits per heavy atom. The van der Waals surface area contributed by atoms with Gasteiger partial charge in [0.2, 0.25) is 11.8 Å². The molecule has 0 bridgehead atoms. The molecule has 2 N–H and O–H groups in total. The van der Waals surface area contributed by atoms with E-state index in [1.54, 1.807) is 6.92 Å². The highest BCUT2D eigenvalue weighted by atomic mass is 16.3. The number of nitrogens with one attached hydrogen (secondary N) is 1. The first-order valence-electron chi connectivity index (χ1n) is 6.80. The van der Waals surface area contributed by atoms with E-state index in [1.807, 2.05) is 4.90 Å². The van der Waals surface area contributed by atoms with Gasteiger partial charge in [0.25, 0.3) is 0 Å². The first kappa shape index (κ1) is 13.3. The van der Waals surface area contributed by atoms with Crippen molar-refractivity contribution in [2.75, 3.05) is 19.6 Å². The van der Waals surface area contributed by atoms with Crippen molar-refractivity contribution < 1.29 is 14.7 Å². The molecule has 0 aromatic carbocycles. The number of aliphatic hydroxyl groups is 1. The third-order valence-corrected chi connectivity index (χ3v) is 3.62. The van der Waals surface area contributed by atoms with Crippen LogP contribution in [0.5, 0.6) is 0 Å². The second-order valence-corrected chi connectivity index (χ2v) is 5.57. The SMILES string of the molecule is CC(O)CCNC(=O)C1CC(=O)N(CC2CC2)C1. The maximum Gasteiger partial charge on any atom is 0.225 e. The minimum atomic E-state index is -0.401. The van der Waals surface area contributed by atoms with Gasteiger partial charge in [0.1, 0.15) is 0 Å². The first-order valence-corrected chi connectivity index (χ1v) is 6.80. The van der Waals surface area contributed by atoms with Gasteiger partial charge in [-0.2, -0.15) is 0 Å². The summed E-state index contributed by atoms with van der Waals surface area (Å²) in [7, 11) is 0. The molecule has 2 aliphatic rings. The zero-order valence-corrected chi connectivity index (χ0v) is 10.9. The second-order valence-electron chi connectivity index (χ2n) is 5.57. The third-order valence-electron chi connectivity index (χ3n) is 3.62. The van der Waals surface area contributed by atoms with Gasteiger partial charge in [-0.05, 0) is 32.1 Å². The van der Waals surface area contributed by atoms with Gasteiger partial charge in [-0.3, -0.25) is 9.59 Å². The molecule has 0 aromatic heterocycles. The molecule has 1 saturated carbocycles. The van der Waals surface area contributed by atoms with Gasteiger partial charge in [-0.25, -0.2) is 0 Å². The van der Waals surface area contributed by atoms with Crippen LogP contribution in [-0.2, 0) is 9.59 Å². The van der Waals surface area contributed by atoms with Crippen molar-refractivity contribution in [2.45, 2.75) is 38.7 Å². The number of carbonyl (C=O) groups excluding carboxylic acids is 2. The van der Waals surface area contributed by atoms with Gasteiger partial charge < -0.3 is 15.3 Å². The van der Waals surface area contributed by atoms with E-state index in [0.717, 1.165) is 6.54 Å². The number of carbonyl (C=O) groups is 2. The van der Waals surface area contributed by atoms with E-state index in [-0.39, 0.29) is 17.7 Å². The number of hydrogen-bond acceptors (Lipinski definition) is 3. The molecule has 0 radical (unpaired) electrons. The Morgan fingerprint density at radius 3 is 2.89 bits per heavy atom. The van der Waals surface area contributed by atoms with Gasteiger partial charge in [0.15, 0.2) is 0 Å². The zero-order chi connectivity index (χ0) is 13.1. The fourth-order valence-electron chi connectivity index (χ4n) is 2.28. The van der Waals surface area contributed by atoms with Crippen LogP contribution in [0.2, 0.25) is 0 Å². The minimum Gasteiger partial charge on any atom is -0.393 e. The molecule has 1 aliphatic heterocycles. The summed E-state index contributed by atoms with van der Waals surface area (Å²) in [5.74, 6) is 0.524. The third kappa shape index (κ3) is 3.70. The molecule has 18 heavy (non-hydrogen) atoms. The molecular weight excluding hydrogens is 232 g/mol. The molecule has 5 heteroatoms. The summed E-state index contributed by atoms with van der Waals surface area (Å²) in [5.41, 5.74) is 0. The Bertz CT molecular complexity index is 326. The van der Waals surface area contributed by atoms with Crippen molar-refractivity contribution in [3.8, 4) is 0 Å². The van der Waals surface area contributed by atoms with Crippen LogP contribution in [0, 0.1) is 11.8 Å². The van der Waals surface area contributed by atoms with Crippen LogP contribution in [0.3, 0.4) is 0 Å². The molecule has 1 saturated heterocycles. The molecule has 102 valence electrons. The lowest BCUT2D eigenvalue weighted by Crippen LogP contribution is -2.34. The highest BCUT2D eigenvalue weighted by molar-refractivity contribution is 5.89. The van der Waals surface area contributed by atoms with E-state index < -0.39 is 6.10 Å². The molecule has 2 unspecified atom stereocenters. The molecule has 5 nitrogen and oxygen atoms in total. The maximum absolute atomic E-state index is 11.8. The van der Waals surface area contributed by atoms with Gasteiger partial charge in [0, 0.05) is 26.1 Å². The van der Waals surface area contributed by atoms with E-state index in [9.17, 15) is 9.59 Å². The molecule has 2 atom stereocenters. The molecule has 2 amide bonds. The van der Waals surface area contributed by atoms with E-state index >= 15 is 0 Å². The van der Waals surface area contributed by atoms with Crippen molar-refractivity contribution >= 4 is 11.8 Å². The van der Waals surface area contributed by atoms with Gasteiger partial charge in [0.05, 0.1) is 12.0 Å². The normalized spacial score (nSPS) is 25.3. The number of aliphatic hydroxyl groups excluding tert-OH is 1. The fraction of sp³-hybridized carbons (Fsp3) is 0.846. The topological polar surface area (TPSA) is 69.6 Å². The predicted molar refractivity (Wildman–Crippen MR) is 66.7 cm³/mol. The lowest BCUT2D eigenvalue weighted by atomic mass is 10.1.